The zero-order valence-electron chi connectivity index (χ0n) is 9.21. The fourth-order valence-electron chi connectivity index (χ4n) is 2.21. The maximum Gasteiger partial charge on any atom is 0.177 e. The molecule has 0 aliphatic heterocycles. The maximum absolute atomic E-state index is 4.31. The monoisotopic (exact) mass is 298 g/mol. The summed E-state index contributed by atoms with van der Waals surface area (Å²) in [5.74, 6) is 0. The van der Waals surface area contributed by atoms with Crippen LogP contribution in [0.4, 0.5) is 0 Å². The number of hydrogen-bond acceptors (Lipinski definition) is 3. The third kappa shape index (κ3) is 1.28. The van der Waals surface area contributed by atoms with Gasteiger partial charge < -0.3 is 0 Å². The molecular formula is C13H7BrN4. The van der Waals surface area contributed by atoms with Crippen LogP contribution in [0.5, 0.6) is 0 Å². The number of fused-ring (bicyclic) bond motifs is 5. The van der Waals surface area contributed by atoms with Crippen molar-refractivity contribution in [3.05, 3.63) is 47.1 Å². The molecule has 0 aliphatic carbocycles. The van der Waals surface area contributed by atoms with Gasteiger partial charge in [-0.3, -0.25) is 0 Å². The molecule has 0 N–H and O–H groups in total. The third-order valence-electron chi connectivity index (χ3n) is 3.04. The first-order chi connectivity index (χ1) is 8.83. The predicted octanol–water partition coefficient (Wildman–Crippen LogP) is 3.19. The Morgan fingerprint density at radius 3 is 2.89 bits per heavy atom. The summed E-state index contributed by atoms with van der Waals surface area (Å²) < 4.78 is 2.87. The first kappa shape index (κ1) is 9.96. The number of aromatic nitrogens is 4. The molecule has 4 aromatic rings. The Hall–Kier alpha value is -2.01. The molecule has 4 rings (SSSR count). The van der Waals surface area contributed by atoms with E-state index in [2.05, 4.69) is 43.4 Å². The van der Waals surface area contributed by atoms with Crippen molar-refractivity contribution in [3.63, 3.8) is 0 Å². The van der Waals surface area contributed by atoms with Crippen LogP contribution in [-0.2, 0) is 0 Å². The van der Waals surface area contributed by atoms with Crippen LogP contribution < -0.4 is 0 Å². The van der Waals surface area contributed by atoms with Gasteiger partial charge in [-0.15, -0.1) is 10.2 Å². The molecule has 0 spiro atoms. The highest BCUT2D eigenvalue weighted by Gasteiger charge is 2.07. The van der Waals surface area contributed by atoms with Gasteiger partial charge in [-0.25, -0.2) is 4.52 Å². The van der Waals surface area contributed by atoms with Crippen molar-refractivity contribution in [2.24, 2.45) is 0 Å². The van der Waals surface area contributed by atoms with Gasteiger partial charge in [-0.05, 0) is 23.6 Å². The van der Waals surface area contributed by atoms with Crippen molar-refractivity contribution >= 4 is 43.4 Å². The fourth-order valence-corrected chi connectivity index (χ4v) is 2.59. The van der Waals surface area contributed by atoms with Gasteiger partial charge >= 0.3 is 0 Å². The average Bonchev–Trinajstić information content (AvgIpc) is 2.86. The van der Waals surface area contributed by atoms with E-state index in [4.69, 9.17) is 0 Å². The second-order valence-corrected chi connectivity index (χ2v) is 5.02. The summed E-state index contributed by atoms with van der Waals surface area (Å²) in [7, 11) is 0. The molecule has 4 nitrogen and oxygen atoms in total. The number of halogens is 1. The molecule has 2 aromatic heterocycles. The van der Waals surface area contributed by atoms with Gasteiger partial charge in [-0.1, -0.05) is 28.1 Å². The van der Waals surface area contributed by atoms with Gasteiger partial charge in [0.05, 0.1) is 11.7 Å². The van der Waals surface area contributed by atoms with Gasteiger partial charge in [0.2, 0.25) is 0 Å². The number of hydrogen-bond donors (Lipinski definition) is 0. The lowest BCUT2D eigenvalue weighted by Crippen LogP contribution is -1.96. The minimum absolute atomic E-state index is 0.763. The fraction of sp³-hybridized carbons (Fsp3) is 0. The van der Waals surface area contributed by atoms with E-state index < -0.39 is 0 Å². The van der Waals surface area contributed by atoms with Crippen LogP contribution in [0, 0.1) is 0 Å². The smallest absolute Gasteiger partial charge is 0.177 e. The van der Waals surface area contributed by atoms with E-state index in [0.717, 1.165) is 31.9 Å². The Morgan fingerprint density at radius 2 is 1.94 bits per heavy atom. The molecular weight excluding hydrogens is 292 g/mol. The normalized spacial score (nSPS) is 11.6. The van der Waals surface area contributed by atoms with Gasteiger partial charge in [0.1, 0.15) is 5.52 Å². The molecule has 0 bridgehead atoms. The lowest BCUT2D eigenvalue weighted by Gasteiger charge is -2.04. The number of rotatable bonds is 0. The first-order valence-corrected chi connectivity index (χ1v) is 6.31. The molecule has 0 unspecified atom stereocenters. The van der Waals surface area contributed by atoms with Crippen LogP contribution in [-0.4, -0.2) is 19.8 Å². The zero-order valence-corrected chi connectivity index (χ0v) is 10.8. The zero-order chi connectivity index (χ0) is 12.1. The van der Waals surface area contributed by atoms with Crippen molar-refractivity contribution in [3.8, 4) is 0 Å². The van der Waals surface area contributed by atoms with E-state index in [1.54, 1.807) is 6.20 Å². The Bertz CT molecular complexity index is 897. The maximum atomic E-state index is 4.31. The van der Waals surface area contributed by atoms with E-state index in [1.807, 2.05) is 28.8 Å². The summed E-state index contributed by atoms with van der Waals surface area (Å²) in [6, 6.07) is 12.1. The number of nitrogens with zero attached hydrogens (tertiary/aromatic N) is 4. The summed E-state index contributed by atoms with van der Waals surface area (Å²) in [5.41, 5.74) is 2.61. The van der Waals surface area contributed by atoms with Crippen LogP contribution in [0.2, 0.25) is 0 Å². The standard InChI is InChI=1S/C13H7BrN4/c14-9-2-3-10-8(7-9)1-4-11-13(10)17-16-12-5-6-15-18(11)12/h1-7H. The molecule has 0 radical (unpaired) electrons. The summed E-state index contributed by atoms with van der Waals surface area (Å²) in [4.78, 5) is 0. The third-order valence-corrected chi connectivity index (χ3v) is 3.53. The minimum atomic E-state index is 0.763. The van der Waals surface area contributed by atoms with Gasteiger partial charge in [-0.2, -0.15) is 5.10 Å². The van der Waals surface area contributed by atoms with Gasteiger partial charge in [0.15, 0.2) is 5.65 Å². The molecule has 0 saturated heterocycles. The average molecular weight is 299 g/mol. The Labute approximate surface area is 110 Å². The Morgan fingerprint density at radius 1 is 1.00 bits per heavy atom. The predicted molar refractivity (Wildman–Crippen MR) is 73.5 cm³/mol. The van der Waals surface area contributed by atoms with Crippen molar-refractivity contribution in [1.82, 2.24) is 19.8 Å². The van der Waals surface area contributed by atoms with E-state index in [9.17, 15) is 0 Å². The summed E-state index contributed by atoms with van der Waals surface area (Å²) in [6.07, 6.45) is 1.73. The van der Waals surface area contributed by atoms with E-state index in [1.165, 1.54) is 0 Å². The highest BCUT2D eigenvalue weighted by Crippen LogP contribution is 2.26. The molecule has 18 heavy (non-hydrogen) atoms. The lowest BCUT2D eigenvalue weighted by molar-refractivity contribution is 0.945. The second kappa shape index (κ2) is 3.49. The first-order valence-electron chi connectivity index (χ1n) is 5.51. The largest absolute Gasteiger partial charge is 0.211 e. The van der Waals surface area contributed by atoms with Crippen molar-refractivity contribution in [2.75, 3.05) is 0 Å². The highest BCUT2D eigenvalue weighted by molar-refractivity contribution is 9.10. The van der Waals surface area contributed by atoms with E-state index >= 15 is 0 Å². The van der Waals surface area contributed by atoms with E-state index in [-0.39, 0.29) is 0 Å². The quantitative estimate of drug-likeness (QED) is 0.468. The summed E-state index contributed by atoms with van der Waals surface area (Å²) in [5, 5.41) is 15.0. The molecule has 2 aromatic carbocycles. The molecule has 0 amide bonds. The molecule has 2 heterocycles. The molecule has 5 heteroatoms. The van der Waals surface area contributed by atoms with Crippen molar-refractivity contribution in [2.45, 2.75) is 0 Å². The molecule has 0 atom stereocenters. The number of benzene rings is 2. The minimum Gasteiger partial charge on any atom is -0.211 e. The Balaban J connectivity index is 2.28. The van der Waals surface area contributed by atoms with Crippen LogP contribution >= 0.6 is 15.9 Å². The van der Waals surface area contributed by atoms with Gasteiger partial charge in [0.25, 0.3) is 0 Å². The SMILES string of the molecule is Brc1ccc2c(ccc3c2nnc2ccnn23)c1. The van der Waals surface area contributed by atoms with Crippen LogP contribution in [0.3, 0.4) is 0 Å². The molecule has 0 saturated carbocycles. The second-order valence-electron chi connectivity index (χ2n) is 4.10. The molecule has 0 aliphatic rings. The Kier molecular flexibility index (Phi) is 1.93. The van der Waals surface area contributed by atoms with Crippen LogP contribution in [0.25, 0.3) is 27.5 Å². The topological polar surface area (TPSA) is 43.1 Å². The molecule has 86 valence electrons. The molecule has 0 fully saturated rings. The van der Waals surface area contributed by atoms with E-state index in [0.29, 0.717) is 0 Å². The van der Waals surface area contributed by atoms with Crippen molar-refractivity contribution in [1.29, 1.82) is 0 Å². The summed E-state index contributed by atoms with van der Waals surface area (Å²) in [6.45, 7) is 0. The highest BCUT2D eigenvalue weighted by atomic mass is 79.9. The van der Waals surface area contributed by atoms with Crippen LogP contribution in [0.1, 0.15) is 0 Å². The lowest BCUT2D eigenvalue weighted by atomic mass is 10.1. The van der Waals surface area contributed by atoms with Crippen LogP contribution in [0.15, 0.2) is 47.1 Å². The summed E-state index contributed by atoms with van der Waals surface area (Å²) >= 11 is 3.48. The van der Waals surface area contributed by atoms with Crippen molar-refractivity contribution < 1.29 is 0 Å². The van der Waals surface area contributed by atoms with Gasteiger partial charge in [0, 0.05) is 15.9 Å².